The molecule has 0 radical (unpaired) electrons. The molecule has 1 atom stereocenters. The normalized spacial score (nSPS) is 13.0. The maximum atomic E-state index is 14.0. The fourth-order valence-electron chi connectivity index (χ4n) is 1.92. The minimum Gasteiger partial charge on any atom is -0.322 e. The van der Waals surface area contributed by atoms with Crippen LogP contribution in [0.5, 0.6) is 0 Å². The summed E-state index contributed by atoms with van der Waals surface area (Å²) in [5.41, 5.74) is 7.13. The molecule has 0 amide bonds. The van der Waals surface area contributed by atoms with E-state index in [1.165, 1.54) is 30.0 Å². The summed E-state index contributed by atoms with van der Waals surface area (Å²) in [6, 6.07) is 2.06. The number of nitrogens with zero attached hydrogens (tertiary/aromatic N) is 2. The van der Waals surface area contributed by atoms with Crippen LogP contribution in [-0.4, -0.2) is 9.55 Å². The van der Waals surface area contributed by atoms with Crippen molar-refractivity contribution in [3.8, 4) is 5.69 Å². The van der Waals surface area contributed by atoms with E-state index in [4.69, 9.17) is 5.73 Å². The Morgan fingerprint density at radius 2 is 1.89 bits per heavy atom. The lowest BCUT2D eigenvalue weighted by molar-refractivity contribution is 0.493. The Labute approximate surface area is 111 Å². The largest absolute Gasteiger partial charge is 0.322 e. The van der Waals surface area contributed by atoms with E-state index in [1.54, 1.807) is 6.20 Å². The molecule has 2 aromatic rings. The van der Waals surface area contributed by atoms with Crippen LogP contribution in [0.15, 0.2) is 24.7 Å². The van der Waals surface area contributed by atoms with Gasteiger partial charge in [-0.25, -0.2) is 13.8 Å². The molecular weight excluding hydrogens is 248 g/mol. The SMILES string of the molecule is Cc1cc(F)c(-n2cncc2C(N)C(C)C)cc1F. The Hall–Kier alpha value is -1.75. The van der Waals surface area contributed by atoms with Crippen LogP contribution in [-0.2, 0) is 0 Å². The second-order valence-electron chi connectivity index (χ2n) is 5.01. The zero-order chi connectivity index (χ0) is 14.2. The van der Waals surface area contributed by atoms with Gasteiger partial charge < -0.3 is 5.73 Å². The van der Waals surface area contributed by atoms with Crippen molar-refractivity contribution in [1.29, 1.82) is 0 Å². The van der Waals surface area contributed by atoms with Gasteiger partial charge in [0.25, 0.3) is 0 Å². The van der Waals surface area contributed by atoms with E-state index in [0.717, 1.165) is 0 Å². The Morgan fingerprint density at radius 3 is 2.53 bits per heavy atom. The number of rotatable bonds is 3. The highest BCUT2D eigenvalue weighted by atomic mass is 19.1. The molecule has 0 saturated heterocycles. The quantitative estimate of drug-likeness (QED) is 0.926. The van der Waals surface area contributed by atoms with Crippen LogP contribution in [0.25, 0.3) is 5.69 Å². The zero-order valence-corrected chi connectivity index (χ0v) is 11.2. The van der Waals surface area contributed by atoms with Gasteiger partial charge in [0.15, 0.2) is 0 Å². The molecule has 0 aliphatic heterocycles. The van der Waals surface area contributed by atoms with E-state index >= 15 is 0 Å². The van der Waals surface area contributed by atoms with Crippen molar-refractivity contribution < 1.29 is 8.78 Å². The van der Waals surface area contributed by atoms with Gasteiger partial charge in [0.05, 0.1) is 23.9 Å². The minimum atomic E-state index is -0.492. The monoisotopic (exact) mass is 265 g/mol. The van der Waals surface area contributed by atoms with Crippen LogP contribution >= 0.6 is 0 Å². The van der Waals surface area contributed by atoms with Crippen molar-refractivity contribution in [3.05, 3.63) is 47.5 Å². The van der Waals surface area contributed by atoms with E-state index < -0.39 is 11.6 Å². The van der Waals surface area contributed by atoms with Gasteiger partial charge in [-0.1, -0.05) is 13.8 Å². The molecule has 0 bridgehead atoms. The third kappa shape index (κ3) is 2.51. The summed E-state index contributed by atoms with van der Waals surface area (Å²) in [6.07, 6.45) is 3.03. The van der Waals surface area contributed by atoms with Crippen molar-refractivity contribution in [1.82, 2.24) is 9.55 Å². The Kier molecular flexibility index (Phi) is 3.66. The summed E-state index contributed by atoms with van der Waals surface area (Å²) in [6.45, 7) is 5.46. The number of aromatic nitrogens is 2. The fourth-order valence-corrected chi connectivity index (χ4v) is 1.92. The molecule has 0 aliphatic carbocycles. The highest BCUT2D eigenvalue weighted by Crippen LogP contribution is 2.24. The lowest BCUT2D eigenvalue weighted by Crippen LogP contribution is -2.20. The Balaban J connectivity index is 2.55. The zero-order valence-electron chi connectivity index (χ0n) is 11.2. The van der Waals surface area contributed by atoms with Gasteiger partial charge in [-0.3, -0.25) is 4.57 Å². The molecule has 1 aromatic carbocycles. The second kappa shape index (κ2) is 5.09. The molecule has 1 aromatic heterocycles. The first-order valence-electron chi connectivity index (χ1n) is 6.15. The molecule has 0 saturated carbocycles. The van der Waals surface area contributed by atoms with Gasteiger partial charge in [-0.15, -0.1) is 0 Å². The lowest BCUT2D eigenvalue weighted by Gasteiger charge is -2.18. The first kappa shape index (κ1) is 13.7. The van der Waals surface area contributed by atoms with E-state index in [9.17, 15) is 8.78 Å². The molecule has 1 unspecified atom stereocenters. The molecule has 2 rings (SSSR count). The molecule has 19 heavy (non-hydrogen) atoms. The number of hydrogen-bond donors (Lipinski definition) is 1. The van der Waals surface area contributed by atoms with E-state index in [-0.39, 0.29) is 23.2 Å². The molecule has 0 aliphatic rings. The van der Waals surface area contributed by atoms with E-state index in [1.807, 2.05) is 13.8 Å². The van der Waals surface area contributed by atoms with Crippen LogP contribution in [0.3, 0.4) is 0 Å². The number of nitrogens with two attached hydrogens (primary N) is 1. The minimum absolute atomic E-state index is 0.131. The Morgan fingerprint density at radius 1 is 1.21 bits per heavy atom. The third-order valence-electron chi connectivity index (χ3n) is 3.21. The number of hydrogen-bond acceptors (Lipinski definition) is 2. The predicted molar refractivity (Wildman–Crippen MR) is 70.0 cm³/mol. The van der Waals surface area contributed by atoms with Crippen LogP contribution < -0.4 is 5.73 Å². The summed E-state index contributed by atoms with van der Waals surface area (Å²) in [5, 5.41) is 0. The second-order valence-corrected chi connectivity index (χ2v) is 5.01. The van der Waals surface area contributed by atoms with Crippen LogP contribution in [0, 0.1) is 24.5 Å². The summed E-state index contributed by atoms with van der Waals surface area (Å²) in [5.74, 6) is -0.767. The molecule has 102 valence electrons. The number of halogens is 2. The maximum absolute atomic E-state index is 14.0. The van der Waals surface area contributed by atoms with Crippen LogP contribution in [0.2, 0.25) is 0 Å². The predicted octanol–water partition coefficient (Wildman–Crippen LogP) is 3.11. The van der Waals surface area contributed by atoms with Crippen molar-refractivity contribution in [2.24, 2.45) is 11.7 Å². The molecule has 3 nitrogen and oxygen atoms in total. The summed E-state index contributed by atoms with van der Waals surface area (Å²) in [4.78, 5) is 3.99. The molecule has 1 heterocycles. The molecule has 0 spiro atoms. The summed E-state index contributed by atoms with van der Waals surface area (Å²) in [7, 11) is 0. The first-order valence-corrected chi connectivity index (χ1v) is 6.15. The van der Waals surface area contributed by atoms with Gasteiger partial charge >= 0.3 is 0 Å². The third-order valence-corrected chi connectivity index (χ3v) is 3.21. The average Bonchev–Trinajstić information content (AvgIpc) is 2.81. The van der Waals surface area contributed by atoms with Gasteiger partial charge in [0, 0.05) is 12.1 Å². The smallest absolute Gasteiger partial charge is 0.147 e. The Bertz CT molecular complexity index is 590. The summed E-state index contributed by atoms with van der Waals surface area (Å²) < 4.78 is 29.1. The molecule has 2 N–H and O–H groups in total. The van der Waals surface area contributed by atoms with Crippen LogP contribution in [0.1, 0.15) is 31.1 Å². The van der Waals surface area contributed by atoms with Crippen molar-refractivity contribution >= 4 is 0 Å². The van der Waals surface area contributed by atoms with Gasteiger partial charge in [-0.05, 0) is 24.5 Å². The number of aryl methyl sites for hydroxylation is 1. The van der Waals surface area contributed by atoms with Crippen molar-refractivity contribution in [3.63, 3.8) is 0 Å². The standard InChI is InChI=1S/C14H17F2N3/c1-8(2)14(17)13-6-18-7-19(13)12-5-10(15)9(3)4-11(12)16/h4-8,14H,17H2,1-3H3. The van der Waals surface area contributed by atoms with Crippen LogP contribution in [0.4, 0.5) is 8.78 Å². The number of imidazole rings is 1. The molecular formula is C14H17F2N3. The number of benzene rings is 1. The molecule has 0 fully saturated rings. The van der Waals surface area contributed by atoms with E-state index in [0.29, 0.717) is 5.69 Å². The van der Waals surface area contributed by atoms with Gasteiger partial charge in [-0.2, -0.15) is 0 Å². The topological polar surface area (TPSA) is 43.8 Å². The van der Waals surface area contributed by atoms with Gasteiger partial charge in [0.2, 0.25) is 0 Å². The van der Waals surface area contributed by atoms with E-state index in [2.05, 4.69) is 4.98 Å². The fraction of sp³-hybridized carbons (Fsp3) is 0.357. The highest BCUT2D eigenvalue weighted by molar-refractivity contribution is 5.39. The van der Waals surface area contributed by atoms with Crippen molar-refractivity contribution in [2.75, 3.05) is 0 Å². The van der Waals surface area contributed by atoms with Gasteiger partial charge in [0.1, 0.15) is 11.6 Å². The average molecular weight is 265 g/mol. The highest BCUT2D eigenvalue weighted by Gasteiger charge is 2.18. The lowest BCUT2D eigenvalue weighted by atomic mass is 10.0. The first-order chi connectivity index (χ1) is 8.91. The van der Waals surface area contributed by atoms with Crippen molar-refractivity contribution in [2.45, 2.75) is 26.8 Å². The molecule has 5 heteroatoms. The maximum Gasteiger partial charge on any atom is 0.147 e. The summed E-state index contributed by atoms with van der Waals surface area (Å²) >= 11 is 0.